The molecule has 4 aromatic rings. The van der Waals surface area contributed by atoms with Crippen LogP contribution in [0.25, 0.3) is 11.1 Å². The van der Waals surface area contributed by atoms with Crippen LogP contribution in [-0.4, -0.2) is 21.4 Å². The van der Waals surface area contributed by atoms with Gasteiger partial charge in [-0.25, -0.2) is 4.79 Å². The summed E-state index contributed by atoms with van der Waals surface area (Å²) in [6.45, 7) is 1.56. The third-order valence-electron chi connectivity index (χ3n) is 4.77. The Labute approximate surface area is 177 Å². The van der Waals surface area contributed by atoms with E-state index in [1.807, 2.05) is 37.3 Å². The van der Waals surface area contributed by atoms with Crippen LogP contribution in [0.5, 0.6) is 0 Å². The van der Waals surface area contributed by atoms with Crippen molar-refractivity contribution in [2.24, 2.45) is 0 Å². The lowest BCUT2D eigenvalue weighted by molar-refractivity contribution is -0.122. The number of oxazole rings is 1. The number of aromatic nitrogens is 2. The summed E-state index contributed by atoms with van der Waals surface area (Å²) in [5.41, 5.74) is 2.37. The van der Waals surface area contributed by atoms with Crippen molar-refractivity contribution in [1.82, 2.24) is 14.9 Å². The van der Waals surface area contributed by atoms with Gasteiger partial charge in [0.2, 0.25) is 5.91 Å². The van der Waals surface area contributed by atoms with Crippen molar-refractivity contribution in [1.29, 1.82) is 0 Å². The van der Waals surface area contributed by atoms with Gasteiger partial charge in [-0.2, -0.15) is 0 Å². The van der Waals surface area contributed by atoms with E-state index in [1.54, 1.807) is 36.5 Å². The third kappa shape index (κ3) is 4.53. The molecule has 8 heteroatoms. The first-order chi connectivity index (χ1) is 15.0. The zero-order valence-corrected chi connectivity index (χ0v) is 16.7. The van der Waals surface area contributed by atoms with Crippen molar-refractivity contribution in [2.75, 3.05) is 5.32 Å². The van der Waals surface area contributed by atoms with Gasteiger partial charge in [-0.1, -0.05) is 24.3 Å². The molecule has 0 radical (unpaired) electrons. The fourth-order valence-electron chi connectivity index (χ4n) is 3.21. The van der Waals surface area contributed by atoms with Crippen LogP contribution in [-0.2, 0) is 11.3 Å². The molecule has 0 bridgehead atoms. The molecule has 2 aromatic carbocycles. The molecule has 0 unspecified atom stereocenters. The number of benzene rings is 2. The van der Waals surface area contributed by atoms with E-state index >= 15 is 0 Å². The largest absolute Gasteiger partial charge is 0.420 e. The van der Waals surface area contributed by atoms with Crippen molar-refractivity contribution < 1.29 is 14.0 Å². The van der Waals surface area contributed by atoms with Crippen LogP contribution in [0.4, 0.5) is 5.69 Å². The Bertz CT molecular complexity index is 1280. The van der Waals surface area contributed by atoms with Gasteiger partial charge in [-0.3, -0.25) is 19.1 Å². The van der Waals surface area contributed by atoms with Gasteiger partial charge in [-0.05, 0) is 49.4 Å². The van der Waals surface area contributed by atoms with E-state index in [1.165, 1.54) is 10.6 Å². The van der Waals surface area contributed by atoms with Crippen LogP contribution in [0, 0.1) is 0 Å². The van der Waals surface area contributed by atoms with Crippen molar-refractivity contribution in [2.45, 2.75) is 19.5 Å². The SMILES string of the molecule is C[C@H](NC(=O)Cn1c(=O)oc2ccc(C(=O)Nc3ccccc3)cc21)c1ccccn1. The van der Waals surface area contributed by atoms with Gasteiger partial charge >= 0.3 is 5.76 Å². The summed E-state index contributed by atoms with van der Waals surface area (Å²) in [6, 6.07) is 18.8. The monoisotopic (exact) mass is 416 g/mol. The quantitative estimate of drug-likeness (QED) is 0.502. The molecule has 2 heterocycles. The van der Waals surface area contributed by atoms with E-state index < -0.39 is 5.76 Å². The molecule has 2 amide bonds. The van der Waals surface area contributed by atoms with E-state index in [0.717, 1.165) is 0 Å². The predicted octanol–water partition coefficient (Wildman–Crippen LogP) is 3.12. The minimum atomic E-state index is -0.670. The number of fused-ring (bicyclic) bond motifs is 1. The molecule has 0 aliphatic heterocycles. The van der Waals surface area contributed by atoms with Gasteiger partial charge in [-0.15, -0.1) is 0 Å². The smallest absolute Gasteiger partial charge is 0.408 e. The Morgan fingerprint density at radius 3 is 2.58 bits per heavy atom. The maximum Gasteiger partial charge on any atom is 0.420 e. The second kappa shape index (κ2) is 8.66. The molecule has 0 spiro atoms. The molecule has 0 saturated heterocycles. The van der Waals surface area contributed by atoms with Crippen LogP contribution in [0.15, 0.2) is 82.1 Å². The van der Waals surface area contributed by atoms with Crippen molar-refractivity contribution in [3.05, 3.63) is 94.7 Å². The summed E-state index contributed by atoms with van der Waals surface area (Å²) in [6.07, 6.45) is 1.65. The number of nitrogens with one attached hydrogen (secondary N) is 2. The van der Waals surface area contributed by atoms with Gasteiger partial charge in [0.25, 0.3) is 5.91 Å². The summed E-state index contributed by atoms with van der Waals surface area (Å²) in [7, 11) is 0. The molecule has 0 aliphatic rings. The summed E-state index contributed by atoms with van der Waals surface area (Å²) in [5.74, 6) is -1.38. The lowest BCUT2D eigenvalue weighted by Gasteiger charge is -2.13. The highest BCUT2D eigenvalue weighted by molar-refractivity contribution is 6.05. The molecule has 31 heavy (non-hydrogen) atoms. The molecule has 0 aliphatic carbocycles. The maximum atomic E-state index is 12.6. The minimum absolute atomic E-state index is 0.243. The average molecular weight is 416 g/mol. The second-order valence-corrected chi connectivity index (χ2v) is 7.00. The Kier molecular flexibility index (Phi) is 5.61. The average Bonchev–Trinajstić information content (AvgIpc) is 3.09. The van der Waals surface area contributed by atoms with E-state index in [4.69, 9.17) is 4.42 Å². The Morgan fingerprint density at radius 2 is 1.84 bits per heavy atom. The summed E-state index contributed by atoms with van der Waals surface area (Å²) in [4.78, 5) is 41.6. The van der Waals surface area contributed by atoms with Crippen molar-refractivity contribution in [3.63, 3.8) is 0 Å². The molecule has 156 valence electrons. The van der Waals surface area contributed by atoms with Crippen LogP contribution in [0.3, 0.4) is 0 Å². The molecule has 0 saturated carbocycles. The lowest BCUT2D eigenvalue weighted by Crippen LogP contribution is -2.32. The zero-order chi connectivity index (χ0) is 21.8. The highest BCUT2D eigenvalue weighted by atomic mass is 16.4. The highest BCUT2D eigenvalue weighted by Gasteiger charge is 2.17. The molecule has 2 N–H and O–H groups in total. The number of nitrogens with zero attached hydrogens (tertiary/aromatic N) is 2. The molecule has 2 aromatic heterocycles. The zero-order valence-electron chi connectivity index (χ0n) is 16.7. The van der Waals surface area contributed by atoms with E-state index in [9.17, 15) is 14.4 Å². The topological polar surface area (TPSA) is 106 Å². The van der Waals surface area contributed by atoms with Crippen LogP contribution in [0.2, 0.25) is 0 Å². The molecular formula is C23H20N4O4. The van der Waals surface area contributed by atoms with E-state index in [2.05, 4.69) is 15.6 Å². The number of anilines is 1. The fraction of sp³-hybridized carbons (Fsp3) is 0.130. The second-order valence-electron chi connectivity index (χ2n) is 7.00. The Balaban J connectivity index is 1.54. The Hall–Kier alpha value is -4.20. The normalized spacial score (nSPS) is 11.8. The van der Waals surface area contributed by atoms with Gasteiger partial charge < -0.3 is 15.1 Å². The van der Waals surface area contributed by atoms with Crippen LogP contribution >= 0.6 is 0 Å². The van der Waals surface area contributed by atoms with Gasteiger partial charge in [0.05, 0.1) is 17.3 Å². The van der Waals surface area contributed by atoms with Crippen molar-refractivity contribution in [3.8, 4) is 0 Å². The first kappa shape index (κ1) is 20.1. The number of carbonyl (C=O) groups is 2. The minimum Gasteiger partial charge on any atom is -0.408 e. The summed E-state index contributed by atoms with van der Waals surface area (Å²) >= 11 is 0. The molecule has 8 nitrogen and oxygen atoms in total. The number of amides is 2. The van der Waals surface area contributed by atoms with E-state index in [0.29, 0.717) is 28.0 Å². The number of pyridine rings is 1. The van der Waals surface area contributed by atoms with Gasteiger partial charge in [0.15, 0.2) is 5.58 Å². The van der Waals surface area contributed by atoms with E-state index in [-0.39, 0.29) is 24.4 Å². The van der Waals surface area contributed by atoms with Gasteiger partial charge in [0.1, 0.15) is 6.54 Å². The first-order valence-corrected chi connectivity index (χ1v) is 9.71. The number of carbonyl (C=O) groups excluding carboxylic acids is 2. The first-order valence-electron chi connectivity index (χ1n) is 9.71. The summed E-state index contributed by atoms with van der Waals surface area (Å²) in [5, 5.41) is 5.61. The fourth-order valence-corrected chi connectivity index (χ4v) is 3.21. The standard InChI is InChI=1S/C23H20N4O4/c1-15(18-9-5-6-12-24-18)25-21(28)14-27-19-13-16(10-11-20(19)31-23(27)30)22(29)26-17-7-3-2-4-8-17/h2-13,15H,14H2,1H3,(H,25,28)(H,26,29)/t15-/m0/s1. The molecule has 0 fully saturated rings. The number of para-hydroxylation sites is 1. The lowest BCUT2D eigenvalue weighted by atomic mass is 10.2. The highest BCUT2D eigenvalue weighted by Crippen LogP contribution is 2.17. The summed E-state index contributed by atoms with van der Waals surface area (Å²) < 4.78 is 6.43. The predicted molar refractivity (Wildman–Crippen MR) is 116 cm³/mol. The molecule has 1 atom stereocenters. The van der Waals surface area contributed by atoms with Crippen molar-refractivity contribution >= 4 is 28.6 Å². The Morgan fingerprint density at radius 1 is 1.06 bits per heavy atom. The number of rotatable bonds is 6. The van der Waals surface area contributed by atoms with Gasteiger partial charge in [0, 0.05) is 17.4 Å². The number of hydrogen-bond donors (Lipinski definition) is 2. The number of hydrogen-bond acceptors (Lipinski definition) is 5. The maximum absolute atomic E-state index is 12.6. The third-order valence-corrected chi connectivity index (χ3v) is 4.77. The molecule has 4 rings (SSSR count). The van der Waals surface area contributed by atoms with Crippen LogP contribution < -0.4 is 16.4 Å². The molecular weight excluding hydrogens is 396 g/mol. The van der Waals surface area contributed by atoms with Crippen LogP contribution in [0.1, 0.15) is 29.0 Å².